The van der Waals surface area contributed by atoms with Crippen LogP contribution in [0.3, 0.4) is 0 Å². The third-order valence-corrected chi connectivity index (χ3v) is 6.65. The second kappa shape index (κ2) is 10.5. The van der Waals surface area contributed by atoms with Crippen LogP contribution in [0.1, 0.15) is 53.9 Å². The zero-order valence-corrected chi connectivity index (χ0v) is 21.7. The third kappa shape index (κ3) is 5.61. The number of rotatable bonds is 10. The quantitative estimate of drug-likeness (QED) is 0.354. The molecular formula is C29H34N2O6. The summed E-state index contributed by atoms with van der Waals surface area (Å²) in [6, 6.07) is 14.6. The molecule has 0 saturated carbocycles. The van der Waals surface area contributed by atoms with Gasteiger partial charge in [0.25, 0.3) is 0 Å². The Morgan fingerprint density at radius 1 is 1.19 bits per heavy atom. The first-order valence-corrected chi connectivity index (χ1v) is 12.3. The number of aromatic nitrogens is 1. The number of ketones is 1. The minimum Gasteiger partial charge on any atom is -0.493 e. The number of aliphatic hydroxyl groups excluding tert-OH is 1. The van der Waals surface area contributed by atoms with Gasteiger partial charge < -0.3 is 30.2 Å². The largest absolute Gasteiger partial charge is 0.493 e. The highest BCUT2D eigenvalue weighted by molar-refractivity contribution is 5.96. The van der Waals surface area contributed by atoms with Gasteiger partial charge in [0.15, 0.2) is 23.0 Å². The lowest BCUT2D eigenvalue weighted by molar-refractivity contribution is 0.0396. The van der Waals surface area contributed by atoms with Crippen molar-refractivity contribution in [1.29, 1.82) is 0 Å². The summed E-state index contributed by atoms with van der Waals surface area (Å²) in [6.45, 7) is 5.87. The Kier molecular flexibility index (Phi) is 7.54. The number of carbonyl (C=O) groups is 1. The molecule has 0 fully saturated rings. The van der Waals surface area contributed by atoms with Crippen molar-refractivity contribution in [3.05, 3.63) is 70.9 Å². The number of fused-ring (bicyclic) bond motifs is 1. The smallest absolute Gasteiger partial charge is 0.163 e. The molecule has 196 valence electrons. The highest BCUT2D eigenvalue weighted by Crippen LogP contribution is 2.44. The molecule has 1 aliphatic heterocycles. The van der Waals surface area contributed by atoms with Gasteiger partial charge in [0.2, 0.25) is 0 Å². The predicted octanol–water partition coefficient (Wildman–Crippen LogP) is 3.87. The van der Waals surface area contributed by atoms with Crippen LogP contribution < -0.4 is 19.9 Å². The van der Waals surface area contributed by atoms with Crippen LogP contribution in [0.5, 0.6) is 17.2 Å². The fourth-order valence-corrected chi connectivity index (χ4v) is 4.33. The molecule has 8 nitrogen and oxygen atoms in total. The molecule has 4 rings (SSSR count). The van der Waals surface area contributed by atoms with Crippen LogP contribution in [0.25, 0.3) is 11.3 Å². The molecule has 0 saturated heterocycles. The van der Waals surface area contributed by atoms with Crippen molar-refractivity contribution in [3.8, 4) is 28.5 Å². The van der Waals surface area contributed by atoms with E-state index >= 15 is 0 Å². The molecule has 1 aliphatic rings. The fourth-order valence-electron chi connectivity index (χ4n) is 4.33. The molecule has 0 aliphatic carbocycles. The molecule has 0 amide bonds. The molecule has 37 heavy (non-hydrogen) atoms. The van der Waals surface area contributed by atoms with Gasteiger partial charge in [0, 0.05) is 23.1 Å². The lowest BCUT2D eigenvalue weighted by Crippen LogP contribution is -2.35. The van der Waals surface area contributed by atoms with E-state index in [9.17, 15) is 9.90 Å². The molecule has 3 aromatic rings. The van der Waals surface area contributed by atoms with E-state index in [0.717, 1.165) is 16.7 Å². The average Bonchev–Trinajstić information content (AvgIpc) is 3.20. The van der Waals surface area contributed by atoms with Crippen molar-refractivity contribution in [2.75, 3.05) is 26.9 Å². The molecule has 1 aromatic heterocycles. The van der Waals surface area contributed by atoms with Gasteiger partial charge in [-0.25, -0.2) is 4.98 Å². The number of Topliss-reactive ketones (excluding diaryl/α,β-unsaturated/α-hetero) is 1. The number of methoxy groups -OCH3 is 1. The predicted molar refractivity (Wildman–Crippen MR) is 140 cm³/mol. The summed E-state index contributed by atoms with van der Waals surface area (Å²) in [7, 11) is 1.49. The van der Waals surface area contributed by atoms with Crippen LogP contribution in [0, 0.1) is 6.92 Å². The van der Waals surface area contributed by atoms with Gasteiger partial charge in [-0.2, -0.15) is 0 Å². The van der Waals surface area contributed by atoms with Crippen LogP contribution in [0.2, 0.25) is 0 Å². The van der Waals surface area contributed by atoms with Gasteiger partial charge in [-0.05, 0) is 51.5 Å². The zero-order valence-electron chi connectivity index (χ0n) is 21.7. The van der Waals surface area contributed by atoms with E-state index in [1.165, 1.54) is 7.11 Å². The van der Waals surface area contributed by atoms with Crippen molar-refractivity contribution >= 4 is 5.78 Å². The Morgan fingerprint density at radius 2 is 1.92 bits per heavy atom. The minimum absolute atomic E-state index is 0.0853. The average molecular weight is 507 g/mol. The highest BCUT2D eigenvalue weighted by atomic mass is 16.5. The molecule has 8 heteroatoms. The maximum Gasteiger partial charge on any atom is 0.163 e. The van der Waals surface area contributed by atoms with E-state index in [4.69, 9.17) is 30.0 Å². The lowest BCUT2D eigenvalue weighted by Gasteiger charge is -2.25. The Hall–Kier alpha value is -3.46. The van der Waals surface area contributed by atoms with Crippen LogP contribution in [0.4, 0.5) is 0 Å². The van der Waals surface area contributed by atoms with Crippen LogP contribution in [-0.2, 0) is 11.1 Å². The van der Waals surface area contributed by atoms with Crippen molar-refractivity contribution in [1.82, 2.24) is 4.98 Å². The number of benzene rings is 2. The first-order valence-electron chi connectivity index (χ1n) is 12.3. The third-order valence-electron chi connectivity index (χ3n) is 6.65. The summed E-state index contributed by atoms with van der Waals surface area (Å²) in [6.07, 6.45) is 0.236. The Morgan fingerprint density at radius 3 is 2.59 bits per heavy atom. The number of ether oxygens (including phenoxy) is 3. The van der Waals surface area contributed by atoms with E-state index < -0.39 is 11.1 Å². The molecule has 0 unspecified atom stereocenters. The summed E-state index contributed by atoms with van der Waals surface area (Å²) >= 11 is 0. The topological polar surface area (TPSA) is 124 Å². The van der Waals surface area contributed by atoms with Crippen molar-refractivity contribution in [2.24, 2.45) is 5.73 Å². The van der Waals surface area contributed by atoms with Gasteiger partial charge in [-0.3, -0.25) is 4.79 Å². The maximum atomic E-state index is 13.0. The molecule has 0 bridgehead atoms. The summed E-state index contributed by atoms with van der Waals surface area (Å²) in [5.41, 5.74) is 8.66. The van der Waals surface area contributed by atoms with Gasteiger partial charge in [-0.15, -0.1) is 0 Å². The summed E-state index contributed by atoms with van der Waals surface area (Å²) in [5.74, 6) is 1.31. The van der Waals surface area contributed by atoms with E-state index in [1.54, 1.807) is 31.2 Å². The number of hydrogen-bond acceptors (Lipinski definition) is 8. The van der Waals surface area contributed by atoms with Crippen LogP contribution >= 0.6 is 0 Å². The van der Waals surface area contributed by atoms with Crippen LogP contribution in [0.15, 0.2) is 48.5 Å². The minimum atomic E-state index is -1.39. The number of nitrogens with two attached hydrogens (primary N) is 1. The summed E-state index contributed by atoms with van der Waals surface area (Å²) < 4.78 is 16.7. The lowest BCUT2D eigenvalue weighted by atomic mass is 9.88. The Labute approximate surface area is 217 Å². The molecule has 0 radical (unpaired) electrons. The number of pyridine rings is 1. The number of aryl methyl sites for hydroxylation is 1. The first-order chi connectivity index (χ1) is 17.6. The molecule has 2 atom stereocenters. The van der Waals surface area contributed by atoms with Crippen molar-refractivity contribution < 1.29 is 29.2 Å². The standard InChI is InChI=1S/C29H34N2O6/c1-18-5-7-19(8-6-18)26-27-21(28(2,30)17-37-27)16-25(31-26)29(3,34)12-11-22(33)20-9-10-23(36-14-13-32)24(15-20)35-4/h5-10,15-16,32,34H,11-14,17,30H2,1-4H3/t28-,29-/m0/s1. The maximum absolute atomic E-state index is 13.0. The number of nitrogens with zero attached hydrogens (tertiary/aromatic N) is 1. The van der Waals surface area contributed by atoms with Gasteiger partial charge in [0.05, 0.1) is 24.9 Å². The fraction of sp³-hybridized carbons (Fsp3) is 0.379. The number of carbonyl (C=O) groups excluding carboxylic acids is 1. The summed E-state index contributed by atoms with van der Waals surface area (Å²) in [5, 5.41) is 20.5. The molecule has 0 spiro atoms. The van der Waals surface area contributed by atoms with E-state index in [0.29, 0.717) is 40.8 Å². The van der Waals surface area contributed by atoms with E-state index in [1.807, 2.05) is 38.1 Å². The second-order valence-corrected chi connectivity index (χ2v) is 9.94. The molecule has 2 heterocycles. The zero-order chi connectivity index (χ0) is 26.8. The van der Waals surface area contributed by atoms with Gasteiger partial charge in [-0.1, -0.05) is 29.8 Å². The molecule has 4 N–H and O–H groups in total. The normalized spacial score (nSPS) is 18.0. The van der Waals surface area contributed by atoms with E-state index in [-0.39, 0.29) is 31.8 Å². The second-order valence-electron chi connectivity index (χ2n) is 9.94. The molecular weight excluding hydrogens is 472 g/mol. The Bertz CT molecular complexity index is 1280. The van der Waals surface area contributed by atoms with E-state index in [2.05, 4.69) is 0 Å². The Balaban J connectivity index is 1.60. The summed E-state index contributed by atoms with van der Waals surface area (Å²) in [4.78, 5) is 17.8. The number of hydrogen-bond donors (Lipinski definition) is 3. The van der Waals surface area contributed by atoms with Gasteiger partial charge in [0.1, 0.15) is 24.5 Å². The first kappa shape index (κ1) is 26.6. The highest BCUT2D eigenvalue weighted by Gasteiger charge is 2.38. The van der Waals surface area contributed by atoms with Gasteiger partial charge >= 0.3 is 0 Å². The van der Waals surface area contributed by atoms with Crippen LogP contribution in [-0.4, -0.2) is 47.9 Å². The SMILES string of the molecule is COc1cc(C(=O)CC[C@](C)(O)c2cc3c(c(-c4ccc(C)cc4)n2)OC[C@]3(C)N)ccc1OCCO. The number of aliphatic hydroxyl groups is 2. The van der Waals surface area contributed by atoms with Crippen molar-refractivity contribution in [3.63, 3.8) is 0 Å². The van der Waals surface area contributed by atoms with Crippen molar-refractivity contribution in [2.45, 2.75) is 44.8 Å². The monoisotopic (exact) mass is 506 g/mol. The molecule has 2 aromatic carbocycles.